The van der Waals surface area contributed by atoms with Gasteiger partial charge in [0, 0.05) is 24.0 Å². The lowest BCUT2D eigenvalue weighted by Gasteiger charge is -2.23. The standard InChI is InChI=1S/C11H18N2S.2ClH/c1-8(2)13-5-3-9-7-11(12)14-10(9)4-6-13;;/h7-8H,3-6,12H2,1-2H3;2*1H. The van der Waals surface area contributed by atoms with Gasteiger partial charge in [0.25, 0.3) is 0 Å². The summed E-state index contributed by atoms with van der Waals surface area (Å²) >= 11 is 1.77. The van der Waals surface area contributed by atoms with Crippen LogP contribution in [0.15, 0.2) is 6.07 Å². The van der Waals surface area contributed by atoms with Crippen LogP contribution in [-0.4, -0.2) is 24.0 Å². The summed E-state index contributed by atoms with van der Waals surface area (Å²) in [5.41, 5.74) is 7.29. The Morgan fingerprint density at radius 3 is 2.50 bits per heavy atom. The summed E-state index contributed by atoms with van der Waals surface area (Å²) in [4.78, 5) is 4.05. The van der Waals surface area contributed by atoms with Gasteiger partial charge in [0.1, 0.15) is 0 Å². The van der Waals surface area contributed by atoms with Crippen molar-refractivity contribution in [2.75, 3.05) is 18.8 Å². The first kappa shape index (κ1) is 16.0. The van der Waals surface area contributed by atoms with E-state index in [9.17, 15) is 0 Å². The molecule has 1 aromatic rings. The second kappa shape index (κ2) is 6.70. The summed E-state index contributed by atoms with van der Waals surface area (Å²) in [5, 5.41) is 0.980. The Morgan fingerprint density at radius 1 is 1.25 bits per heavy atom. The first-order valence-electron chi connectivity index (χ1n) is 5.28. The molecule has 2 heterocycles. The Kier molecular flexibility index (Phi) is 6.71. The normalized spacial score (nSPS) is 15.9. The molecule has 0 atom stereocenters. The molecule has 5 heteroatoms. The Labute approximate surface area is 114 Å². The molecular formula is C11H20Cl2N2S. The number of hydrogen-bond acceptors (Lipinski definition) is 3. The van der Waals surface area contributed by atoms with Crippen molar-refractivity contribution in [3.05, 3.63) is 16.5 Å². The van der Waals surface area contributed by atoms with Crippen LogP contribution in [0.4, 0.5) is 5.00 Å². The van der Waals surface area contributed by atoms with Crippen LogP contribution < -0.4 is 5.73 Å². The van der Waals surface area contributed by atoms with Crippen molar-refractivity contribution in [3.8, 4) is 0 Å². The largest absolute Gasteiger partial charge is 0.391 e. The number of nitrogens with zero attached hydrogens (tertiary/aromatic N) is 1. The van der Waals surface area contributed by atoms with E-state index in [2.05, 4.69) is 24.8 Å². The Bertz CT molecular complexity index is 300. The van der Waals surface area contributed by atoms with Crippen molar-refractivity contribution in [2.45, 2.75) is 32.7 Å². The van der Waals surface area contributed by atoms with Crippen LogP contribution in [0.2, 0.25) is 0 Å². The predicted octanol–water partition coefficient (Wildman–Crippen LogP) is 2.98. The highest BCUT2D eigenvalue weighted by Crippen LogP contribution is 2.27. The van der Waals surface area contributed by atoms with Crippen molar-refractivity contribution in [2.24, 2.45) is 0 Å². The highest BCUT2D eigenvalue weighted by Gasteiger charge is 2.17. The number of thiophene rings is 1. The number of halogens is 2. The molecular weight excluding hydrogens is 263 g/mol. The van der Waals surface area contributed by atoms with Gasteiger partial charge in [-0.1, -0.05) is 0 Å². The van der Waals surface area contributed by atoms with Crippen LogP contribution in [0.25, 0.3) is 0 Å². The van der Waals surface area contributed by atoms with Gasteiger partial charge in [-0.05, 0) is 38.3 Å². The maximum absolute atomic E-state index is 5.81. The second-order valence-corrected chi connectivity index (χ2v) is 5.40. The fourth-order valence-corrected chi connectivity index (χ4v) is 3.02. The molecule has 2 rings (SSSR count). The average Bonchev–Trinajstić information content (AvgIpc) is 2.34. The number of fused-ring (bicyclic) bond motifs is 1. The molecule has 0 saturated heterocycles. The molecule has 0 aliphatic carbocycles. The topological polar surface area (TPSA) is 29.3 Å². The molecule has 0 aromatic carbocycles. The lowest BCUT2D eigenvalue weighted by atomic mass is 10.2. The summed E-state index contributed by atoms with van der Waals surface area (Å²) in [6, 6.07) is 2.82. The quantitative estimate of drug-likeness (QED) is 0.858. The molecule has 1 aliphatic rings. The minimum absolute atomic E-state index is 0. The fourth-order valence-electron chi connectivity index (χ4n) is 2.05. The Morgan fingerprint density at radius 2 is 1.88 bits per heavy atom. The molecule has 2 N–H and O–H groups in total. The van der Waals surface area contributed by atoms with Gasteiger partial charge in [-0.2, -0.15) is 0 Å². The highest BCUT2D eigenvalue weighted by molar-refractivity contribution is 7.16. The summed E-state index contributed by atoms with van der Waals surface area (Å²) in [7, 11) is 0. The molecule has 0 amide bonds. The SMILES string of the molecule is CC(C)N1CCc2cc(N)sc2CC1.Cl.Cl. The van der Waals surface area contributed by atoms with Gasteiger partial charge in [-0.25, -0.2) is 0 Å². The van der Waals surface area contributed by atoms with E-state index in [1.165, 1.54) is 36.4 Å². The minimum atomic E-state index is 0. The molecule has 0 bridgehead atoms. The number of anilines is 1. The van der Waals surface area contributed by atoms with E-state index in [-0.39, 0.29) is 24.8 Å². The number of hydrogen-bond donors (Lipinski definition) is 1. The van der Waals surface area contributed by atoms with E-state index in [4.69, 9.17) is 5.73 Å². The second-order valence-electron chi connectivity index (χ2n) is 4.23. The molecule has 0 radical (unpaired) electrons. The van der Waals surface area contributed by atoms with Crippen molar-refractivity contribution < 1.29 is 0 Å². The molecule has 0 fully saturated rings. The van der Waals surface area contributed by atoms with Gasteiger partial charge >= 0.3 is 0 Å². The fraction of sp³-hybridized carbons (Fsp3) is 0.636. The molecule has 1 aliphatic heterocycles. The van der Waals surface area contributed by atoms with Crippen molar-refractivity contribution in [1.29, 1.82) is 0 Å². The monoisotopic (exact) mass is 282 g/mol. The zero-order valence-corrected chi connectivity index (χ0v) is 12.2. The van der Waals surface area contributed by atoms with Crippen LogP contribution in [-0.2, 0) is 12.8 Å². The third kappa shape index (κ3) is 3.52. The Hall–Kier alpha value is 0.0400. The summed E-state index contributed by atoms with van der Waals surface area (Å²) in [6.45, 7) is 6.91. The third-order valence-electron chi connectivity index (χ3n) is 2.94. The smallest absolute Gasteiger partial charge is 0.0862 e. The van der Waals surface area contributed by atoms with Crippen LogP contribution >= 0.6 is 36.2 Å². The lowest BCUT2D eigenvalue weighted by Crippen LogP contribution is -2.33. The first-order valence-corrected chi connectivity index (χ1v) is 6.09. The average molecular weight is 283 g/mol. The maximum atomic E-state index is 5.81. The summed E-state index contributed by atoms with van der Waals surface area (Å²) < 4.78 is 0. The Balaban J connectivity index is 0.00000112. The van der Waals surface area contributed by atoms with E-state index >= 15 is 0 Å². The lowest BCUT2D eigenvalue weighted by molar-refractivity contribution is 0.233. The molecule has 1 aromatic heterocycles. The van der Waals surface area contributed by atoms with E-state index in [1.54, 1.807) is 11.3 Å². The third-order valence-corrected chi connectivity index (χ3v) is 4.01. The molecule has 16 heavy (non-hydrogen) atoms. The van der Waals surface area contributed by atoms with Crippen molar-refractivity contribution >= 4 is 41.2 Å². The molecule has 0 saturated carbocycles. The van der Waals surface area contributed by atoms with Crippen molar-refractivity contribution in [1.82, 2.24) is 4.90 Å². The summed E-state index contributed by atoms with van der Waals surface area (Å²) in [6.07, 6.45) is 2.34. The van der Waals surface area contributed by atoms with Crippen LogP contribution in [0, 0.1) is 0 Å². The minimum Gasteiger partial charge on any atom is -0.391 e. The van der Waals surface area contributed by atoms with Crippen LogP contribution in [0.5, 0.6) is 0 Å². The molecule has 0 spiro atoms. The van der Waals surface area contributed by atoms with E-state index in [1.807, 2.05) is 0 Å². The van der Waals surface area contributed by atoms with E-state index < -0.39 is 0 Å². The van der Waals surface area contributed by atoms with Gasteiger partial charge in [0.15, 0.2) is 0 Å². The number of rotatable bonds is 1. The van der Waals surface area contributed by atoms with Gasteiger partial charge in [-0.15, -0.1) is 36.2 Å². The van der Waals surface area contributed by atoms with E-state index in [0.29, 0.717) is 6.04 Å². The zero-order chi connectivity index (χ0) is 10.1. The molecule has 0 unspecified atom stereocenters. The predicted molar refractivity (Wildman–Crippen MR) is 77.3 cm³/mol. The van der Waals surface area contributed by atoms with E-state index in [0.717, 1.165) is 5.00 Å². The summed E-state index contributed by atoms with van der Waals surface area (Å²) in [5.74, 6) is 0. The maximum Gasteiger partial charge on any atom is 0.0862 e. The van der Waals surface area contributed by atoms with Crippen LogP contribution in [0.3, 0.4) is 0 Å². The number of nitrogens with two attached hydrogens (primary N) is 1. The highest BCUT2D eigenvalue weighted by atomic mass is 35.5. The van der Waals surface area contributed by atoms with Gasteiger partial charge < -0.3 is 10.6 Å². The molecule has 2 nitrogen and oxygen atoms in total. The van der Waals surface area contributed by atoms with Gasteiger partial charge in [-0.3, -0.25) is 0 Å². The zero-order valence-electron chi connectivity index (χ0n) is 9.73. The van der Waals surface area contributed by atoms with Crippen molar-refractivity contribution in [3.63, 3.8) is 0 Å². The van der Waals surface area contributed by atoms with Crippen LogP contribution in [0.1, 0.15) is 24.3 Å². The molecule has 94 valence electrons. The first-order chi connectivity index (χ1) is 6.66. The van der Waals surface area contributed by atoms with Gasteiger partial charge in [0.2, 0.25) is 0 Å². The number of nitrogen functional groups attached to an aromatic ring is 1. The van der Waals surface area contributed by atoms with Gasteiger partial charge in [0.05, 0.1) is 5.00 Å².